The maximum absolute atomic E-state index is 9.22. The molecule has 2 N–H and O–H groups in total. The van der Waals surface area contributed by atoms with E-state index in [9.17, 15) is 5.11 Å². The van der Waals surface area contributed by atoms with Gasteiger partial charge in [-0.1, -0.05) is 19.1 Å². The number of benzene rings is 1. The number of aromatic nitrogens is 2. The highest BCUT2D eigenvalue weighted by Crippen LogP contribution is 2.25. The number of nitrogens with zero attached hydrogens (tertiary/aromatic N) is 3. The maximum atomic E-state index is 9.22. The predicted molar refractivity (Wildman–Crippen MR) is 78.7 cm³/mol. The van der Waals surface area contributed by atoms with Crippen LogP contribution in [0.15, 0.2) is 24.3 Å². The van der Waals surface area contributed by atoms with Gasteiger partial charge in [0.2, 0.25) is 5.95 Å². The van der Waals surface area contributed by atoms with Gasteiger partial charge in [-0.2, -0.15) is 4.98 Å². The van der Waals surface area contributed by atoms with Crippen molar-refractivity contribution < 1.29 is 5.11 Å². The Hall–Kier alpha value is -1.88. The van der Waals surface area contributed by atoms with Gasteiger partial charge in [-0.25, -0.2) is 4.98 Å². The standard InChI is InChI=1S/C14H20N4O/c1-3-8-18(9-10-19)13-11-6-4-5-7-12(11)16-14(15-2)17-13/h4-7,19H,3,8-10H2,1-2H3,(H,15,16,17). The van der Waals surface area contributed by atoms with Crippen LogP contribution in [-0.4, -0.2) is 41.8 Å². The van der Waals surface area contributed by atoms with Crippen molar-refractivity contribution in [3.05, 3.63) is 24.3 Å². The number of hydrogen-bond acceptors (Lipinski definition) is 5. The van der Waals surface area contributed by atoms with E-state index in [0.717, 1.165) is 29.7 Å². The maximum Gasteiger partial charge on any atom is 0.224 e. The van der Waals surface area contributed by atoms with Crippen molar-refractivity contribution in [2.45, 2.75) is 13.3 Å². The molecule has 5 nitrogen and oxygen atoms in total. The van der Waals surface area contributed by atoms with Gasteiger partial charge >= 0.3 is 0 Å². The molecule has 19 heavy (non-hydrogen) atoms. The topological polar surface area (TPSA) is 61.3 Å². The minimum Gasteiger partial charge on any atom is -0.395 e. The zero-order chi connectivity index (χ0) is 13.7. The molecule has 0 aliphatic heterocycles. The number of hydrogen-bond donors (Lipinski definition) is 2. The largest absolute Gasteiger partial charge is 0.395 e. The average Bonchev–Trinajstić information content (AvgIpc) is 2.46. The summed E-state index contributed by atoms with van der Waals surface area (Å²) in [6.07, 6.45) is 1.01. The molecule has 1 aromatic heterocycles. The van der Waals surface area contributed by atoms with Crippen molar-refractivity contribution in [3.63, 3.8) is 0 Å². The molecule has 0 amide bonds. The molecule has 1 heterocycles. The summed E-state index contributed by atoms with van der Waals surface area (Å²) in [4.78, 5) is 11.1. The van der Waals surface area contributed by atoms with E-state index in [4.69, 9.17) is 0 Å². The molecule has 0 unspecified atom stereocenters. The van der Waals surface area contributed by atoms with E-state index in [-0.39, 0.29) is 6.61 Å². The van der Waals surface area contributed by atoms with Crippen LogP contribution in [0.3, 0.4) is 0 Å². The number of nitrogens with one attached hydrogen (secondary N) is 1. The quantitative estimate of drug-likeness (QED) is 0.830. The molecule has 0 spiro atoms. The Morgan fingerprint density at radius 3 is 2.68 bits per heavy atom. The van der Waals surface area contributed by atoms with Crippen LogP contribution in [0.4, 0.5) is 11.8 Å². The molecule has 0 bridgehead atoms. The normalized spacial score (nSPS) is 10.7. The van der Waals surface area contributed by atoms with Gasteiger partial charge in [0, 0.05) is 25.5 Å². The summed E-state index contributed by atoms with van der Waals surface area (Å²) in [6, 6.07) is 7.95. The highest BCUT2D eigenvalue weighted by molar-refractivity contribution is 5.90. The van der Waals surface area contributed by atoms with E-state index in [1.165, 1.54) is 0 Å². The second-order valence-electron chi connectivity index (χ2n) is 4.35. The fraction of sp³-hybridized carbons (Fsp3) is 0.429. The van der Waals surface area contributed by atoms with Crippen molar-refractivity contribution in [2.75, 3.05) is 37.0 Å². The van der Waals surface area contributed by atoms with E-state index in [0.29, 0.717) is 12.5 Å². The second-order valence-corrected chi connectivity index (χ2v) is 4.35. The van der Waals surface area contributed by atoms with Gasteiger partial charge in [-0.15, -0.1) is 0 Å². The number of para-hydroxylation sites is 1. The molecule has 1 aromatic carbocycles. The first-order chi connectivity index (χ1) is 9.30. The van der Waals surface area contributed by atoms with E-state index >= 15 is 0 Å². The van der Waals surface area contributed by atoms with Crippen LogP contribution in [-0.2, 0) is 0 Å². The minimum absolute atomic E-state index is 0.118. The van der Waals surface area contributed by atoms with Crippen LogP contribution in [0, 0.1) is 0 Å². The zero-order valence-corrected chi connectivity index (χ0v) is 11.4. The summed E-state index contributed by atoms with van der Waals surface area (Å²) in [5.41, 5.74) is 0.913. The van der Waals surface area contributed by atoms with Crippen LogP contribution in [0.25, 0.3) is 10.9 Å². The minimum atomic E-state index is 0.118. The smallest absolute Gasteiger partial charge is 0.224 e. The summed E-state index contributed by atoms with van der Waals surface area (Å²) in [7, 11) is 1.81. The summed E-state index contributed by atoms with van der Waals surface area (Å²) in [5.74, 6) is 1.48. The second kappa shape index (κ2) is 6.33. The van der Waals surface area contributed by atoms with E-state index in [1.54, 1.807) is 0 Å². The van der Waals surface area contributed by atoms with Crippen LogP contribution in [0.5, 0.6) is 0 Å². The van der Waals surface area contributed by atoms with Crippen molar-refractivity contribution in [2.24, 2.45) is 0 Å². The highest BCUT2D eigenvalue weighted by atomic mass is 16.3. The first-order valence-electron chi connectivity index (χ1n) is 6.60. The lowest BCUT2D eigenvalue weighted by atomic mass is 10.2. The molecule has 5 heteroatoms. The molecule has 2 aromatic rings. The van der Waals surface area contributed by atoms with Crippen molar-refractivity contribution >= 4 is 22.7 Å². The summed E-state index contributed by atoms with van der Waals surface area (Å²) in [6.45, 7) is 3.68. The van der Waals surface area contributed by atoms with Crippen LogP contribution in [0.2, 0.25) is 0 Å². The number of anilines is 2. The van der Waals surface area contributed by atoms with Gasteiger partial charge in [0.1, 0.15) is 5.82 Å². The lowest BCUT2D eigenvalue weighted by molar-refractivity contribution is 0.301. The third kappa shape index (κ3) is 2.93. The first kappa shape index (κ1) is 13.5. The molecule has 0 saturated carbocycles. The zero-order valence-electron chi connectivity index (χ0n) is 11.4. The SMILES string of the molecule is CCCN(CCO)c1nc(NC)nc2ccccc12. The molecule has 0 aliphatic carbocycles. The van der Waals surface area contributed by atoms with E-state index in [1.807, 2.05) is 31.3 Å². The van der Waals surface area contributed by atoms with Gasteiger partial charge < -0.3 is 15.3 Å². The van der Waals surface area contributed by atoms with Gasteiger partial charge in [0.05, 0.1) is 12.1 Å². The highest BCUT2D eigenvalue weighted by Gasteiger charge is 2.13. The fourth-order valence-electron chi connectivity index (χ4n) is 2.13. The third-order valence-electron chi connectivity index (χ3n) is 2.97. The Kier molecular flexibility index (Phi) is 4.52. The number of rotatable bonds is 6. The lowest BCUT2D eigenvalue weighted by Gasteiger charge is -2.23. The van der Waals surface area contributed by atoms with E-state index < -0.39 is 0 Å². The Bertz CT molecular complexity index is 538. The van der Waals surface area contributed by atoms with Crippen molar-refractivity contribution in [1.29, 1.82) is 0 Å². The average molecular weight is 260 g/mol. The van der Waals surface area contributed by atoms with Crippen molar-refractivity contribution in [1.82, 2.24) is 9.97 Å². The molecule has 0 saturated heterocycles. The van der Waals surface area contributed by atoms with Crippen LogP contribution in [0.1, 0.15) is 13.3 Å². The summed E-state index contributed by atoms with van der Waals surface area (Å²) < 4.78 is 0. The molecule has 2 rings (SSSR count). The molecule has 102 valence electrons. The molecule has 0 aliphatic rings. The first-order valence-corrected chi connectivity index (χ1v) is 6.60. The molecule has 0 atom stereocenters. The predicted octanol–water partition coefficient (Wildman–Crippen LogP) is 1.88. The summed E-state index contributed by atoms with van der Waals surface area (Å²) >= 11 is 0. The fourth-order valence-corrected chi connectivity index (χ4v) is 2.13. The lowest BCUT2D eigenvalue weighted by Crippen LogP contribution is -2.28. The monoisotopic (exact) mass is 260 g/mol. The van der Waals surface area contributed by atoms with Gasteiger partial charge in [0.25, 0.3) is 0 Å². The number of fused-ring (bicyclic) bond motifs is 1. The Balaban J connectivity index is 2.54. The molecule has 0 fully saturated rings. The van der Waals surface area contributed by atoms with E-state index in [2.05, 4.69) is 27.1 Å². The van der Waals surface area contributed by atoms with Gasteiger partial charge in [0.15, 0.2) is 0 Å². The van der Waals surface area contributed by atoms with Gasteiger partial charge in [-0.3, -0.25) is 0 Å². The number of aliphatic hydroxyl groups excluding tert-OH is 1. The Morgan fingerprint density at radius 2 is 2.00 bits per heavy atom. The molecular formula is C14H20N4O. The van der Waals surface area contributed by atoms with Crippen LogP contribution < -0.4 is 10.2 Å². The van der Waals surface area contributed by atoms with Crippen molar-refractivity contribution in [3.8, 4) is 0 Å². The Morgan fingerprint density at radius 1 is 1.21 bits per heavy atom. The van der Waals surface area contributed by atoms with Crippen LogP contribution >= 0.6 is 0 Å². The van der Waals surface area contributed by atoms with Gasteiger partial charge in [-0.05, 0) is 18.6 Å². The third-order valence-corrected chi connectivity index (χ3v) is 2.97. The number of aliphatic hydroxyl groups is 1. The molecule has 0 radical (unpaired) electrons. The Labute approximate surface area is 113 Å². The summed E-state index contributed by atoms with van der Waals surface area (Å²) in [5, 5.41) is 13.2. The molecular weight excluding hydrogens is 240 g/mol.